The Morgan fingerprint density at radius 1 is 0.750 bits per heavy atom. The van der Waals surface area contributed by atoms with Crippen LogP contribution < -0.4 is 22.9 Å². The molecule has 0 unspecified atom stereocenters. The predicted molar refractivity (Wildman–Crippen MR) is 205 cm³/mol. The van der Waals surface area contributed by atoms with E-state index in [1.807, 2.05) is 66.7 Å². The molecule has 21 heteroatoms. The summed E-state index contributed by atoms with van der Waals surface area (Å²) in [7, 11) is -7.45. The van der Waals surface area contributed by atoms with Crippen LogP contribution in [0.5, 0.6) is 0 Å². The minimum atomic E-state index is -3.73. The van der Waals surface area contributed by atoms with Gasteiger partial charge in [0.25, 0.3) is 0 Å². The van der Waals surface area contributed by atoms with Gasteiger partial charge in [-0.3, -0.25) is 27.1 Å². The van der Waals surface area contributed by atoms with Gasteiger partial charge in [0.2, 0.25) is 0 Å². The van der Waals surface area contributed by atoms with Crippen molar-refractivity contribution < 1.29 is 45.7 Å². The molecule has 10 atom stereocenters. The lowest BCUT2D eigenvalue weighted by Crippen LogP contribution is -2.53. The fourth-order valence-corrected chi connectivity index (χ4v) is 10.5. The molecular weight excluding hydrogens is 768 g/mol. The molecule has 4 fully saturated rings. The molecular formula is C35H53N9O10P2. The number of rotatable bonds is 6. The standard InChI is InChI=1S/C18H27N4O5P.C17H26N5O5P/c1-17(2,3)10-25-28(23)24-9-14-16(27-28)18(4,20)15(26-14)13-6-5-12-11(19)7-8-21-22(12)13;1-16(2,3)8-25-28(23)24-7-12-14(27-28)17(4,19)13(26-12)10-5-6-11-15(18)20-9-21-22(10)11/h5-8,14-16H,9-10,19-20H2,1-4H3;5-6,9,12-14H,7-8,19H2,1-4H3,(H2,18,20,21)/t14-,15+,16-,18+,28-;12-,13+,14-,17+,28+/m11/s1. The molecule has 0 aromatic carbocycles. The molecule has 308 valence electrons. The van der Waals surface area contributed by atoms with Gasteiger partial charge in [0.15, 0.2) is 5.82 Å². The molecule has 8 heterocycles. The Balaban J connectivity index is 0.000000172. The van der Waals surface area contributed by atoms with Gasteiger partial charge >= 0.3 is 15.6 Å². The second kappa shape index (κ2) is 14.4. The molecule has 4 aliphatic rings. The quantitative estimate of drug-likeness (QED) is 0.192. The van der Waals surface area contributed by atoms with E-state index in [0.29, 0.717) is 22.7 Å². The van der Waals surface area contributed by atoms with Gasteiger partial charge in [-0.15, -0.1) is 0 Å². The van der Waals surface area contributed by atoms with Crippen molar-refractivity contribution in [3.05, 3.63) is 54.2 Å². The summed E-state index contributed by atoms with van der Waals surface area (Å²) in [5.74, 6) is 0.357. The van der Waals surface area contributed by atoms with Gasteiger partial charge < -0.3 is 32.4 Å². The number of anilines is 2. The first kappa shape index (κ1) is 41.1. The van der Waals surface area contributed by atoms with Crippen molar-refractivity contribution in [2.24, 2.45) is 22.3 Å². The van der Waals surface area contributed by atoms with Gasteiger partial charge in [0, 0.05) is 6.20 Å². The molecule has 4 aromatic heterocycles. The van der Waals surface area contributed by atoms with E-state index in [-0.39, 0.29) is 37.3 Å². The van der Waals surface area contributed by atoms with E-state index in [1.54, 1.807) is 34.3 Å². The van der Waals surface area contributed by atoms with E-state index < -0.39 is 63.3 Å². The number of hydrogen-bond acceptors (Lipinski definition) is 17. The van der Waals surface area contributed by atoms with E-state index in [2.05, 4.69) is 15.2 Å². The van der Waals surface area contributed by atoms with Crippen molar-refractivity contribution in [1.29, 1.82) is 0 Å². The van der Waals surface area contributed by atoms with E-state index >= 15 is 0 Å². The molecule has 0 aliphatic carbocycles. The van der Waals surface area contributed by atoms with Crippen LogP contribution in [0.2, 0.25) is 0 Å². The summed E-state index contributed by atoms with van der Waals surface area (Å²) in [6.45, 7) is 16.1. The Labute approximate surface area is 325 Å². The van der Waals surface area contributed by atoms with E-state index in [4.69, 9.17) is 59.6 Å². The smallest absolute Gasteiger partial charge is 0.397 e. The monoisotopic (exact) mass is 821 g/mol. The van der Waals surface area contributed by atoms with Crippen LogP contribution in [0.25, 0.3) is 11.0 Å². The van der Waals surface area contributed by atoms with Crippen molar-refractivity contribution in [3.63, 3.8) is 0 Å². The molecule has 0 amide bonds. The predicted octanol–water partition coefficient (Wildman–Crippen LogP) is 4.72. The van der Waals surface area contributed by atoms with Crippen molar-refractivity contribution in [2.45, 2.75) is 103 Å². The van der Waals surface area contributed by atoms with Crippen LogP contribution in [-0.4, -0.2) is 86.1 Å². The number of ether oxygens (including phenoxy) is 2. The molecule has 0 spiro atoms. The average molecular weight is 822 g/mol. The Bertz CT molecular complexity index is 2030. The largest absolute Gasteiger partial charge is 0.475 e. The molecule has 8 rings (SSSR count). The minimum absolute atomic E-state index is 0.0653. The number of nitrogen functional groups attached to an aromatic ring is 2. The summed E-state index contributed by atoms with van der Waals surface area (Å²) in [5.41, 5.74) is 26.4. The highest BCUT2D eigenvalue weighted by Gasteiger charge is 2.60. The van der Waals surface area contributed by atoms with E-state index in [1.165, 1.54) is 6.33 Å². The summed E-state index contributed by atoms with van der Waals surface area (Å²) in [6, 6.07) is 9.12. The second-order valence-corrected chi connectivity index (χ2v) is 20.8. The van der Waals surface area contributed by atoms with E-state index in [9.17, 15) is 9.13 Å². The summed E-state index contributed by atoms with van der Waals surface area (Å²) in [4.78, 5) is 3.99. The third-order valence-corrected chi connectivity index (χ3v) is 12.7. The molecule has 56 heavy (non-hydrogen) atoms. The molecule has 19 nitrogen and oxygen atoms in total. The number of fused-ring (bicyclic) bond motifs is 4. The normalized spacial score (nSPS) is 36.0. The zero-order valence-corrected chi connectivity index (χ0v) is 34.6. The maximum atomic E-state index is 12.9. The number of hydrogen-bond donors (Lipinski definition) is 4. The SMILES string of the molecule is CC(C)(C)CO[P@@]1(=O)OC[C@H]2O[C@@H](c3ccc4c(N)ccnn34)[C@](C)(N)[C@@H]2O1.CC(C)(C)CO[P@]1(=O)OC[C@H]2O[C@@H](c3ccc4c(N)ncnn34)[C@](C)(N)[C@@H]2O1. The van der Waals surface area contributed by atoms with Gasteiger partial charge in [-0.1, -0.05) is 41.5 Å². The third-order valence-electron chi connectivity index (χ3n) is 9.91. The Morgan fingerprint density at radius 2 is 1.21 bits per heavy atom. The van der Waals surface area contributed by atoms with Crippen LogP contribution in [-0.2, 0) is 45.7 Å². The molecule has 0 radical (unpaired) electrons. The van der Waals surface area contributed by atoms with Gasteiger partial charge in [-0.2, -0.15) is 10.2 Å². The second-order valence-electron chi connectivity index (χ2n) is 17.6. The Morgan fingerprint density at radius 3 is 1.70 bits per heavy atom. The summed E-state index contributed by atoms with van der Waals surface area (Å²) in [6.07, 6.45) is -0.386. The Hall–Kier alpha value is -3.03. The molecule has 4 aliphatic heterocycles. The average Bonchev–Trinajstić information content (AvgIpc) is 3.85. The van der Waals surface area contributed by atoms with Crippen LogP contribution >= 0.6 is 15.6 Å². The lowest BCUT2D eigenvalue weighted by molar-refractivity contribution is -0.0631. The first-order valence-electron chi connectivity index (χ1n) is 18.3. The van der Waals surface area contributed by atoms with Crippen LogP contribution in [0, 0.1) is 10.8 Å². The maximum Gasteiger partial charge on any atom is 0.475 e. The van der Waals surface area contributed by atoms with E-state index in [0.717, 1.165) is 11.2 Å². The van der Waals surface area contributed by atoms with Gasteiger partial charge in [0.05, 0.1) is 60.1 Å². The van der Waals surface area contributed by atoms with Crippen LogP contribution in [0.3, 0.4) is 0 Å². The molecule has 0 saturated carbocycles. The van der Waals surface area contributed by atoms with Crippen LogP contribution in [0.15, 0.2) is 42.9 Å². The van der Waals surface area contributed by atoms with Crippen molar-refractivity contribution in [1.82, 2.24) is 24.2 Å². The highest BCUT2D eigenvalue weighted by atomic mass is 31.2. The molecule has 0 bridgehead atoms. The first-order chi connectivity index (χ1) is 26.0. The van der Waals surface area contributed by atoms with Gasteiger partial charge in [0.1, 0.15) is 48.5 Å². The van der Waals surface area contributed by atoms with Gasteiger partial charge in [-0.25, -0.2) is 23.1 Å². The third kappa shape index (κ3) is 7.89. The number of phosphoric acid groups is 2. The highest BCUT2D eigenvalue weighted by molar-refractivity contribution is 7.48. The topological polar surface area (TPSA) is 260 Å². The lowest BCUT2D eigenvalue weighted by Gasteiger charge is -2.36. The van der Waals surface area contributed by atoms with Crippen molar-refractivity contribution in [2.75, 3.05) is 37.9 Å². The van der Waals surface area contributed by atoms with Crippen LogP contribution in [0.1, 0.15) is 79.0 Å². The minimum Gasteiger partial charge on any atom is -0.397 e. The first-order valence-corrected chi connectivity index (χ1v) is 21.3. The lowest BCUT2D eigenvalue weighted by atomic mass is 9.88. The number of nitrogens with zero attached hydrogens (tertiary/aromatic N) is 5. The Kier molecular flexibility index (Phi) is 10.5. The zero-order valence-electron chi connectivity index (χ0n) is 32.9. The molecule has 4 saturated heterocycles. The summed E-state index contributed by atoms with van der Waals surface area (Å²) < 4.78 is 75.0. The zero-order chi connectivity index (χ0) is 40.6. The van der Waals surface area contributed by atoms with Crippen LogP contribution in [0.4, 0.5) is 11.5 Å². The molecule has 8 N–H and O–H groups in total. The highest BCUT2D eigenvalue weighted by Crippen LogP contribution is 2.60. The summed E-state index contributed by atoms with van der Waals surface area (Å²) >= 11 is 0. The fourth-order valence-electron chi connectivity index (χ4n) is 7.06. The van der Waals surface area contributed by atoms with Gasteiger partial charge in [-0.05, 0) is 55.0 Å². The number of phosphoric ester groups is 2. The summed E-state index contributed by atoms with van der Waals surface area (Å²) in [5, 5.41) is 8.62. The fraction of sp³-hybridized carbons (Fsp3) is 0.629. The van der Waals surface area contributed by atoms with Crippen molar-refractivity contribution in [3.8, 4) is 0 Å². The molecule has 4 aromatic rings. The van der Waals surface area contributed by atoms with Crippen molar-refractivity contribution >= 4 is 38.2 Å². The number of nitrogens with two attached hydrogens (primary N) is 4. The maximum absolute atomic E-state index is 12.9. The number of aromatic nitrogens is 5.